The van der Waals surface area contributed by atoms with Gasteiger partial charge in [-0.2, -0.15) is 0 Å². The molecule has 1 amide bonds. The molecule has 1 aromatic carbocycles. The Kier molecular flexibility index (Phi) is 5.98. The lowest BCUT2D eigenvalue weighted by molar-refractivity contribution is 0.0599. The van der Waals surface area contributed by atoms with Gasteiger partial charge < -0.3 is 19.9 Å². The first kappa shape index (κ1) is 18.7. The van der Waals surface area contributed by atoms with Crippen LogP contribution in [-0.2, 0) is 4.74 Å². The van der Waals surface area contributed by atoms with E-state index in [0.717, 1.165) is 5.56 Å². The molecule has 1 atom stereocenters. The van der Waals surface area contributed by atoms with E-state index in [1.165, 1.54) is 7.11 Å². The average molecular weight is 343 g/mol. The molecular formula is C19H25N3O3. The molecule has 6 nitrogen and oxygen atoms in total. The van der Waals surface area contributed by atoms with Crippen LogP contribution in [0.5, 0.6) is 0 Å². The van der Waals surface area contributed by atoms with Gasteiger partial charge in [0.1, 0.15) is 5.69 Å². The van der Waals surface area contributed by atoms with Crippen molar-refractivity contribution in [1.29, 1.82) is 0 Å². The fraction of sp³-hybridized carbons (Fsp3) is 0.368. The number of hydrogen-bond donors (Lipinski definition) is 2. The first-order chi connectivity index (χ1) is 11.9. The summed E-state index contributed by atoms with van der Waals surface area (Å²) in [4.78, 5) is 29.5. The molecule has 2 rings (SSSR count). The van der Waals surface area contributed by atoms with Gasteiger partial charge in [0.25, 0.3) is 5.91 Å². The molecule has 134 valence electrons. The molecule has 0 aliphatic rings. The standard InChI is InChI=1S/C19H25N3O3/c1-12-16(19(24)25-5)13(2)21-17(12)18(23)20-11-15(22(3)4)14-9-7-6-8-10-14/h6-10,15,21H,11H2,1-5H3,(H,20,23)/t15-/m0/s1. The van der Waals surface area contributed by atoms with E-state index in [4.69, 9.17) is 4.74 Å². The average Bonchev–Trinajstić information content (AvgIpc) is 2.89. The molecule has 0 aliphatic heterocycles. The highest BCUT2D eigenvalue weighted by atomic mass is 16.5. The number of carbonyl (C=O) groups is 2. The molecule has 25 heavy (non-hydrogen) atoms. The smallest absolute Gasteiger partial charge is 0.339 e. The van der Waals surface area contributed by atoms with Crippen molar-refractivity contribution in [3.63, 3.8) is 0 Å². The summed E-state index contributed by atoms with van der Waals surface area (Å²) in [6.07, 6.45) is 0. The van der Waals surface area contributed by atoms with E-state index in [2.05, 4.69) is 15.2 Å². The second-order valence-corrected chi connectivity index (χ2v) is 6.22. The Labute approximate surface area is 148 Å². The number of aryl methyl sites for hydroxylation is 1. The molecule has 1 heterocycles. The molecule has 0 saturated carbocycles. The maximum atomic E-state index is 12.6. The number of nitrogens with one attached hydrogen (secondary N) is 2. The van der Waals surface area contributed by atoms with Crippen molar-refractivity contribution in [3.05, 3.63) is 58.4 Å². The number of carbonyl (C=O) groups excluding carboxylic acids is 2. The summed E-state index contributed by atoms with van der Waals surface area (Å²) in [7, 11) is 5.28. The van der Waals surface area contributed by atoms with E-state index >= 15 is 0 Å². The van der Waals surface area contributed by atoms with E-state index < -0.39 is 5.97 Å². The van der Waals surface area contributed by atoms with Gasteiger partial charge in [-0.15, -0.1) is 0 Å². The lowest BCUT2D eigenvalue weighted by atomic mass is 10.1. The number of H-pyrrole nitrogens is 1. The number of ether oxygens (including phenoxy) is 1. The van der Waals surface area contributed by atoms with Crippen molar-refractivity contribution in [3.8, 4) is 0 Å². The Hall–Kier alpha value is -2.60. The lowest BCUT2D eigenvalue weighted by Crippen LogP contribution is -2.35. The number of rotatable bonds is 6. The molecule has 2 aromatic rings. The molecular weight excluding hydrogens is 318 g/mol. The zero-order valence-corrected chi connectivity index (χ0v) is 15.3. The first-order valence-corrected chi connectivity index (χ1v) is 8.13. The number of nitrogens with zero attached hydrogens (tertiary/aromatic N) is 1. The van der Waals surface area contributed by atoms with Crippen molar-refractivity contribution in [2.75, 3.05) is 27.7 Å². The topological polar surface area (TPSA) is 74.4 Å². The fourth-order valence-corrected chi connectivity index (χ4v) is 2.94. The minimum absolute atomic E-state index is 0.0570. The lowest BCUT2D eigenvalue weighted by Gasteiger charge is -2.25. The largest absolute Gasteiger partial charge is 0.465 e. The Bertz CT molecular complexity index is 751. The van der Waals surface area contributed by atoms with E-state index in [1.54, 1.807) is 13.8 Å². The number of esters is 1. The summed E-state index contributed by atoms with van der Waals surface area (Å²) < 4.78 is 4.78. The molecule has 0 aliphatic carbocycles. The van der Waals surface area contributed by atoms with Crippen LogP contribution in [0.2, 0.25) is 0 Å². The second-order valence-electron chi connectivity index (χ2n) is 6.22. The SMILES string of the molecule is COC(=O)c1c(C)[nH]c(C(=O)NC[C@@H](c2ccccc2)N(C)C)c1C. The van der Waals surface area contributed by atoms with Crippen LogP contribution in [0.3, 0.4) is 0 Å². The van der Waals surface area contributed by atoms with E-state index in [0.29, 0.717) is 29.1 Å². The Morgan fingerprint density at radius 1 is 1.20 bits per heavy atom. The Morgan fingerprint density at radius 3 is 2.40 bits per heavy atom. The maximum absolute atomic E-state index is 12.6. The molecule has 2 N–H and O–H groups in total. The van der Waals surface area contributed by atoms with Crippen LogP contribution in [0.1, 0.15) is 43.7 Å². The van der Waals surface area contributed by atoms with Gasteiger partial charge in [0, 0.05) is 12.2 Å². The van der Waals surface area contributed by atoms with Gasteiger partial charge in [-0.1, -0.05) is 30.3 Å². The molecule has 0 bridgehead atoms. The molecule has 6 heteroatoms. The van der Waals surface area contributed by atoms with Gasteiger partial charge in [-0.3, -0.25) is 4.79 Å². The summed E-state index contributed by atoms with van der Waals surface area (Å²) in [5, 5.41) is 2.95. The van der Waals surface area contributed by atoms with Gasteiger partial charge in [0.05, 0.1) is 18.7 Å². The minimum atomic E-state index is -0.444. The van der Waals surface area contributed by atoms with Gasteiger partial charge in [0.15, 0.2) is 0 Å². The Morgan fingerprint density at radius 2 is 1.84 bits per heavy atom. The molecule has 0 radical (unpaired) electrons. The van der Waals surface area contributed by atoms with Crippen LogP contribution in [0.15, 0.2) is 30.3 Å². The highest BCUT2D eigenvalue weighted by molar-refractivity contribution is 6.00. The van der Waals surface area contributed by atoms with E-state index in [9.17, 15) is 9.59 Å². The second kappa shape index (κ2) is 7.98. The van der Waals surface area contributed by atoms with Gasteiger partial charge in [-0.25, -0.2) is 4.79 Å². The number of methoxy groups -OCH3 is 1. The highest BCUT2D eigenvalue weighted by Crippen LogP contribution is 2.20. The Balaban J connectivity index is 2.16. The van der Waals surface area contributed by atoms with Crippen LogP contribution < -0.4 is 5.32 Å². The predicted molar refractivity (Wildman–Crippen MR) is 96.8 cm³/mol. The summed E-state index contributed by atoms with van der Waals surface area (Å²) in [5.74, 6) is -0.681. The third kappa shape index (κ3) is 4.09. The van der Waals surface area contributed by atoms with Crippen molar-refractivity contribution >= 4 is 11.9 Å². The highest BCUT2D eigenvalue weighted by Gasteiger charge is 2.23. The summed E-state index contributed by atoms with van der Waals surface area (Å²) in [6, 6.07) is 10.1. The molecule has 0 spiro atoms. The molecule has 0 fully saturated rings. The van der Waals surface area contributed by atoms with Crippen molar-refractivity contribution in [2.24, 2.45) is 0 Å². The monoisotopic (exact) mass is 343 g/mol. The summed E-state index contributed by atoms with van der Waals surface area (Å²) in [5.41, 5.74) is 3.16. The summed E-state index contributed by atoms with van der Waals surface area (Å²) in [6.45, 7) is 3.95. The zero-order chi connectivity index (χ0) is 18.6. The van der Waals surface area contributed by atoms with Crippen LogP contribution in [-0.4, -0.2) is 49.5 Å². The van der Waals surface area contributed by atoms with Crippen LogP contribution in [0.25, 0.3) is 0 Å². The summed E-state index contributed by atoms with van der Waals surface area (Å²) >= 11 is 0. The maximum Gasteiger partial charge on any atom is 0.339 e. The first-order valence-electron chi connectivity index (χ1n) is 8.13. The van der Waals surface area contributed by atoms with Crippen LogP contribution >= 0.6 is 0 Å². The normalized spacial score (nSPS) is 12.1. The van der Waals surface area contributed by atoms with Crippen molar-refractivity contribution in [2.45, 2.75) is 19.9 Å². The van der Waals surface area contributed by atoms with Crippen LogP contribution in [0.4, 0.5) is 0 Å². The van der Waals surface area contributed by atoms with Gasteiger partial charge >= 0.3 is 5.97 Å². The van der Waals surface area contributed by atoms with E-state index in [1.807, 2.05) is 44.4 Å². The minimum Gasteiger partial charge on any atom is -0.465 e. The van der Waals surface area contributed by atoms with Gasteiger partial charge in [0.2, 0.25) is 0 Å². The quantitative estimate of drug-likeness (QED) is 0.790. The third-order valence-corrected chi connectivity index (χ3v) is 4.32. The number of aromatic nitrogens is 1. The number of benzene rings is 1. The predicted octanol–water partition coefficient (Wildman–Crippen LogP) is 2.45. The third-order valence-electron chi connectivity index (χ3n) is 4.32. The number of hydrogen-bond acceptors (Lipinski definition) is 4. The number of aromatic amines is 1. The van der Waals surface area contributed by atoms with Crippen molar-refractivity contribution in [1.82, 2.24) is 15.2 Å². The van der Waals surface area contributed by atoms with Crippen LogP contribution in [0, 0.1) is 13.8 Å². The zero-order valence-electron chi connectivity index (χ0n) is 15.3. The fourth-order valence-electron chi connectivity index (χ4n) is 2.94. The van der Waals surface area contributed by atoms with Crippen molar-refractivity contribution < 1.29 is 14.3 Å². The molecule has 1 aromatic heterocycles. The van der Waals surface area contributed by atoms with E-state index in [-0.39, 0.29) is 11.9 Å². The molecule has 0 unspecified atom stereocenters. The number of amides is 1. The number of likely N-dealkylation sites (N-methyl/N-ethyl adjacent to an activating group) is 1. The molecule has 0 saturated heterocycles. The van der Waals surface area contributed by atoms with Gasteiger partial charge in [-0.05, 0) is 39.1 Å².